The van der Waals surface area contributed by atoms with Crippen LogP contribution in [0, 0.1) is 5.41 Å². The largest absolute Gasteiger partial charge is 0.435 e. The fraction of sp³-hybridized carbons (Fsp3) is 0.533. The summed E-state index contributed by atoms with van der Waals surface area (Å²) < 4.78 is 28.6. The summed E-state index contributed by atoms with van der Waals surface area (Å²) >= 11 is 3.38. The van der Waals surface area contributed by atoms with E-state index in [9.17, 15) is 13.6 Å². The van der Waals surface area contributed by atoms with Gasteiger partial charge in [0, 0.05) is 17.4 Å². The van der Waals surface area contributed by atoms with Crippen LogP contribution >= 0.6 is 15.9 Å². The monoisotopic (exact) mass is 363 g/mol. The minimum atomic E-state index is -2.90. The lowest BCUT2D eigenvalue weighted by Gasteiger charge is -2.24. The maximum atomic E-state index is 12.1. The zero-order valence-corrected chi connectivity index (χ0v) is 13.8. The Kier molecular flexibility index (Phi) is 7.08. The molecule has 1 N–H and O–H groups in total. The van der Waals surface area contributed by atoms with Crippen LogP contribution in [0.2, 0.25) is 0 Å². The van der Waals surface area contributed by atoms with Crippen molar-refractivity contribution in [1.29, 1.82) is 0 Å². The summed E-state index contributed by atoms with van der Waals surface area (Å²) in [5, 5.41) is 3.76. The van der Waals surface area contributed by atoms with Crippen molar-refractivity contribution in [3.63, 3.8) is 0 Å². The molecule has 0 atom stereocenters. The van der Waals surface area contributed by atoms with Gasteiger partial charge in [0.25, 0.3) is 5.91 Å². The molecule has 1 aromatic carbocycles. The van der Waals surface area contributed by atoms with E-state index in [2.05, 4.69) is 39.8 Å². The summed E-state index contributed by atoms with van der Waals surface area (Å²) in [4.78, 5) is 12.0. The van der Waals surface area contributed by atoms with Gasteiger partial charge in [-0.1, -0.05) is 35.8 Å². The molecule has 0 aliphatic carbocycles. The van der Waals surface area contributed by atoms with Crippen molar-refractivity contribution in [1.82, 2.24) is 5.32 Å². The minimum Gasteiger partial charge on any atom is -0.435 e. The molecule has 21 heavy (non-hydrogen) atoms. The van der Waals surface area contributed by atoms with E-state index in [-0.39, 0.29) is 17.1 Å². The standard InChI is InChI=1S/C15H20BrF2NO2/c1-15(2,7-4-8-16)10-19-13(20)11-5-3-6-12(9-11)21-14(17)18/h3,5-6,9,14H,4,7-8,10H2,1-2H3,(H,19,20). The van der Waals surface area contributed by atoms with E-state index < -0.39 is 6.61 Å². The Morgan fingerprint density at radius 2 is 2.14 bits per heavy atom. The summed E-state index contributed by atoms with van der Waals surface area (Å²) in [6, 6.07) is 5.79. The Morgan fingerprint density at radius 3 is 2.76 bits per heavy atom. The fourth-order valence-electron chi connectivity index (χ4n) is 1.87. The second kappa shape index (κ2) is 8.32. The van der Waals surface area contributed by atoms with Crippen molar-refractivity contribution in [3.8, 4) is 5.75 Å². The number of alkyl halides is 3. The van der Waals surface area contributed by atoms with Gasteiger partial charge in [0.05, 0.1) is 0 Å². The number of nitrogens with one attached hydrogen (secondary N) is 1. The zero-order valence-electron chi connectivity index (χ0n) is 12.2. The van der Waals surface area contributed by atoms with E-state index in [0.29, 0.717) is 12.1 Å². The van der Waals surface area contributed by atoms with Gasteiger partial charge in [-0.3, -0.25) is 4.79 Å². The highest BCUT2D eigenvalue weighted by molar-refractivity contribution is 9.09. The molecule has 1 aromatic rings. The minimum absolute atomic E-state index is 0.0134. The second-order valence-electron chi connectivity index (χ2n) is 5.55. The van der Waals surface area contributed by atoms with Crippen LogP contribution in [0.5, 0.6) is 5.75 Å². The lowest BCUT2D eigenvalue weighted by Crippen LogP contribution is -2.34. The third-order valence-corrected chi connectivity index (χ3v) is 3.60. The molecular weight excluding hydrogens is 344 g/mol. The quantitative estimate of drug-likeness (QED) is 0.702. The molecule has 0 fully saturated rings. The number of hydrogen-bond donors (Lipinski definition) is 1. The van der Waals surface area contributed by atoms with E-state index >= 15 is 0 Å². The SMILES string of the molecule is CC(C)(CCCBr)CNC(=O)c1cccc(OC(F)F)c1. The average Bonchev–Trinajstić information content (AvgIpc) is 2.42. The molecule has 118 valence electrons. The topological polar surface area (TPSA) is 38.3 Å². The highest BCUT2D eigenvalue weighted by atomic mass is 79.9. The normalized spacial score (nSPS) is 11.5. The number of rotatable bonds is 8. The molecule has 0 saturated heterocycles. The Morgan fingerprint density at radius 1 is 1.43 bits per heavy atom. The van der Waals surface area contributed by atoms with Crippen molar-refractivity contribution in [3.05, 3.63) is 29.8 Å². The maximum absolute atomic E-state index is 12.1. The van der Waals surface area contributed by atoms with Crippen molar-refractivity contribution >= 4 is 21.8 Å². The molecular formula is C15H20BrF2NO2. The molecule has 0 spiro atoms. The summed E-state index contributed by atoms with van der Waals surface area (Å²) in [6.45, 7) is 1.78. The Hall–Kier alpha value is -1.17. The van der Waals surface area contributed by atoms with Gasteiger partial charge in [0.15, 0.2) is 0 Å². The lowest BCUT2D eigenvalue weighted by molar-refractivity contribution is -0.0498. The second-order valence-corrected chi connectivity index (χ2v) is 6.34. The van der Waals surface area contributed by atoms with E-state index in [1.165, 1.54) is 18.2 Å². The van der Waals surface area contributed by atoms with Gasteiger partial charge in [0.1, 0.15) is 5.75 Å². The molecule has 0 heterocycles. The molecule has 0 aliphatic rings. The van der Waals surface area contributed by atoms with Gasteiger partial charge in [-0.15, -0.1) is 0 Å². The average molecular weight is 364 g/mol. The summed E-state index contributed by atoms with van der Waals surface area (Å²) in [6.07, 6.45) is 2.01. The molecule has 0 saturated carbocycles. The molecule has 0 aliphatic heterocycles. The number of ether oxygens (including phenoxy) is 1. The molecule has 0 radical (unpaired) electrons. The van der Waals surface area contributed by atoms with Crippen molar-refractivity contribution in [2.45, 2.75) is 33.3 Å². The van der Waals surface area contributed by atoms with Crippen LogP contribution < -0.4 is 10.1 Å². The number of benzene rings is 1. The molecule has 6 heteroatoms. The molecule has 0 aromatic heterocycles. The maximum Gasteiger partial charge on any atom is 0.387 e. The van der Waals surface area contributed by atoms with Crippen LogP contribution in [-0.2, 0) is 0 Å². The highest BCUT2D eigenvalue weighted by Crippen LogP contribution is 2.22. The molecule has 0 unspecified atom stereocenters. The van der Waals surface area contributed by atoms with E-state index in [0.717, 1.165) is 18.2 Å². The Balaban J connectivity index is 2.59. The third kappa shape index (κ3) is 6.89. The first-order valence-electron chi connectivity index (χ1n) is 6.73. The van der Waals surface area contributed by atoms with Crippen LogP contribution in [0.4, 0.5) is 8.78 Å². The third-order valence-electron chi connectivity index (χ3n) is 3.04. The van der Waals surface area contributed by atoms with Crippen molar-refractivity contribution in [2.75, 3.05) is 11.9 Å². The predicted molar refractivity (Wildman–Crippen MR) is 82.2 cm³/mol. The number of carbonyl (C=O) groups excluding carboxylic acids is 1. The number of amides is 1. The van der Waals surface area contributed by atoms with Crippen LogP contribution in [0.15, 0.2) is 24.3 Å². The first kappa shape index (κ1) is 17.9. The Bertz CT molecular complexity index is 467. The van der Waals surface area contributed by atoms with Crippen LogP contribution in [-0.4, -0.2) is 24.4 Å². The summed E-state index contributed by atoms with van der Waals surface area (Å²) in [5.41, 5.74) is 0.296. The van der Waals surface area contributed by atoms with E-state index in [1.807, 2.05) is 0 Å². The zero-order chi connectivity index (χ0) is 15.9. The lowest BCUT2D eigenvalue weighted by atomic mass is 9.88. The molecule has 0 bridgehead atoms. The van der Waals surface area contributed by atoms with E-state index in [4.69, 9.17) is 0 Å². The summed E-state index contributed by atoms with van der Waals surface area (Å²) in [7, 11) is 0. The number of halogens is 3. The van der Waals surface area contributed by atoms with Gasteiger partial charge >= 0.3 is 6.61 Å². The first-order valence-corrected chi connectivity index (χ1v) is 7.85. The molecule has 1 amide bonds. The predicted octanol–water partition coefficient (Wildman–Crippen LogP) is 4.22. The van der Waals surface area contributed by atoms with Gasteiger partial charge in [-0.25, -0.2) is 0 Å². The highest BCUT2D eigenvalue weighted by Gasteiger charge is 2.19. The van der Waals surface area contributed by atoms with Gasteiger partial charge < -0.3 is 10.1 Å². The van der Waals surface area contributed by atoms with E-state index in [1.54, 1.807) is 6.07 Å². The van der Waals surface area contributed by atoms with Gasteiger partial charge in [0.2, 0.25) is 0 Å². The van der Waals surface area contributed by atoms with Crippen LogP contribution in [0.3, 0.4) is 0 Å². The molecule has 3 nitrogen and oxygen atoms in total. The first-order chi connectivity index (χ1) is 9.84. The van der Waals surface area contributed by atoms with Gasteiger partial charge in [-0.2, -0.15) is 8.78 Å². The van der Waals surface area contributed by atoms with Gasteiger partial charge in [-0.05, 0) is 36.5 Å². The van der Waals surface area contributed by atoms with Crippen LogP contribution in [0.1, 0.15) is 37.0 Å². The summed E-state index contributed by atoms with van der Waals surface area (Å²) in [5.74, 6) is -0.308. The molecule has 1 rings (SSSR count). The number of carbonyl (C=O) groups is 1. The number of hydrogen-bond acceptors (Lipinski definition) is 2. The Labute approximate surface area is 132 Å². The van der Waals surface area contributed by atoms with Crippen LogP contribution in [0.25, 0.3) is 0 Å². The van der Waals surface area contributed by atoms with Crippen molar-refractivity contribution < 1.29 is 18.3 Å². The fourth-order valence-corrected chi connectivity index (χ4v) is 2.15. The smallest absolute Gasteiger partial charge is 0.387 e. The van der Waals surface area contributed by atoms with Crippen molar-refractivity contribution in [2.24, 2.45) is 5.41 Å².